The van der Waals surface area contributed by atoms with Crippen molar-refractivity contribution >= 4 is 8.80 Å². The molecule has 1 aliphatic heterocycles. The van der Waals surface area contributed by atoms with Crippen LogP contribution in [0.3, 0.4) is 0 Å². The van der Waals surface area contributed by atoms with Crippen molar-refractivity contribution in [1.29, 1.82) is 0 Å². The molecule has 0 aromatic carbocycles. The SMILES string of the molecule is CCN(CC(C)C[Si](OC)(OC)OC)CC(O)OCC(C)(C)COCC1CO1. The fraction of sp³-hybridized carbons (Fsp3) is 1.00. The number of hydrogen-bond acceptors (Lipinski definition) is 8. The number of epoxide rings is 1. The molecule has 0 bridgehead atoms. The summed E-state index contributed by atoms with van der Waals surface area (Å²) in [5.74, 6) is 0.299. The molecule has 0 radical (unpaired) electrons. The largest absolute Gasteiger partial charge is 0.500 e. The summed E-state index contributed by atoms with van der Waals surface area (Å²) in [7, 11) is 2.29. The standard InChI is InChI=1S/C19H41NO7Si/c1-8-20(9-16(2)13-28(22-5,23-6)24-7)10-18(21)27-15-19(3,4)14-25-11-17-12-26-17/h16-18,21H,8-15H2,1-7H3. The quantitative estimate of drug-likeness (QED) is 0.215. The van der Waals surface area contributed by atoms with Crippen molar-refractivity contribution in [3.05, 3.63) is 0 Å². The highest BCUT2D eigenvalue weighted by atomic mass is 28.4. The molecule has 0 amide bonds. The Hall–Kier alpha value is -0.103. The second-order valence-electron chi connectivity index (χ2n) is 8.36. The van der Waals surface area contributed by atoms with Gasteiger partial charge in [0.05, 0.1) is 26.4 Å². The van der Waals surface area contributed by atoms with Crippen LogP contribution in [0.15, 0.2) is 0 Å². The molecule has 0 aromatic rings. The van der Waals surface area contributed by atoms with E-state index in [1.165, 1.54) is 0 Å². The summed E-state index contributed by atoms with van der Waals surface area (Å²) in [6, 6.07) is 0.721. The molecule has 3 unspecified atom stereocenters. The number of hydrogen-bond donors (Lipinski definition) is 1. The van der Waals surface area contributed by atoms with Gasteiger partial charge < -0.3 is 32.6 Å². The molecule has 1 aliphatic rings. The van der Waals surface area contributed by atoms with Crippen molar-refractivity contribution in [2.24, 2.45) is 11.3 Å². The van der Waals surface area contributed by atoms with Crippen LogP contribution in [0.5, 0.6) is 0 Å². The van der Waals surface area contributed by atoms with Crippen LogP contribution in [-0.2, 0) is 27.5 Å². The van der Waals surface area contributed by atoms with Crippen molar-refractivity contribution in [1.82, 2.24) is 4.90 Å². The molecular weight excluding hydrogens is 382 g/mol. The van der Waals surface area contributed by atoms with Gasteiger partial charge in [-0.3, -0.25) is 4.90 Å². The highest BCUT2D eigenvalue weighted by Gasteiger charge is 2.39. The van der Waals surface area contributed by atoms with Crippen LogP contribution < -0.4 is 0 Å². The third-order valence-electron chi connectivity index (χ3n) is 4.83. The zero-order valence-electron chi connectivity index (χ0n) is 18.7. The van der Waals surface area contributed by atoms with Gasteiger partial charge in [-0.15, -0.1) is 0 Å². The molecular formula is C19H41NO7Si. The van der Waals surface area contributed by atoms with E-state index in [9.17, 15) is 5.11 Å². The molecule has 1 fully saturated rings. The number of ether oxygens (including phenoxy) is 3. The highest BCUT2D eigenvalue weighted by molar-refractivity contribution is 6.60. The number of aliphatic hydroxyl groups is 1. The van der Waals surface area contributed by atoms with Gasteiger partial charge in [-0.25, -0.2) is 0 Å². The summed E-state index contributed by atoms with van der Waals surface area (Å²) in [5, 5.41) is 10.3. The summed E-state index contributed by atoms with van der Waals surface area (Å²) in [6.07, 6.45) is -0.578. The lowest BCUT2D eigenvalue weighted by atomic mass is 9.96. The van der Waals surface area contributed by atoms with Gasteiger partial charge in [-0.1, -0.05) is 27.7 Å². The lowest BCUT2D eigenvalue weighted by Crippen LogP contribution is -2.46. The van der Waals surface area contributed by atoms with E-state index in [1.54, 1.807) is 21.3 Å². The van der Waals surface area contributed by atoms with E-state index in [0.29, 0.717) is 32.3 Å². The number of nitrogens with zero attached hydrogens (tertiary/aromatic N) is 1. The molecule has 9 heteroatoms. The predicted octanol–water partition coefficient (Wildman–Crippen LogP) is 1.60. The number of aliphatic hydroxyl groups excluding tert-OH is 1. The number of rotatable bonds is 17. The minimum absolute atomic E-state index is 0.166. The predicted molar refractivity (Wildman–Crippen MR) is 109 cm³/mol. The summed E-state index contributed by atoms with van der Waals surface area (Å²) in [4.78, 5) is 2.17. The average molecular weight is 424 g/mol. The Morgan fingerprint density at radius 3 is 2.25 bits per heavy atom. The highest BCUT2D eigenvalue weighted by Crippen LogP contribution is 2.21. The Kier molecular flexibility index (Phi) is 11.6. The Morgan fingerprint density at radius 1 is 1.14 bits per heavy atom. The fourth-order valence-electron chi connectivity index (χ4n) is 3.03. The van der Waals surface area contributed by atoms with Crippen LogP contribution in [0.2, 0.25) is 6.04 Å². The number of likely N-dealkylation sites (N-methyl/N-ethyl adjacent to an activating group) is 1. The molecule has 0 aromatic heterocycles. The van der Waals surface area contributed by atoms with E-state index in [0.717, 1.165) is 25.7 Å². The minimum atomic E-state index is -2.60. The van der Waals surface area contributed by atoms with Crippen molar-refractivity contribution in [2.45, 2.75) is 46.1 Å². The van der Waals surface area contributed by atoms with E-state index >= 15 is 0 Å². The zero-order valence-corrected chi connectivity index (χ0v) is 19.7. The molecule has 1 N–H and O–H groups in total. The molecule has 3 atom stereocenters. The maximum atomic E-state index is 10.3. The molecule has 1 saturated heterocycles. The summed E-state index contributed by atoms with van der Waals surface area (Å²) in [5.41, 5.74) is -0.166. The topological polar surface area (TPSA) is 82.2 Å². The van der Waals surface area contributed by atoms with E-state index in [-0.39, 0.29) is 11.5 Å². The van der Waals surface area contributed by atoms with Gasteiger partial charge in [0.25, 0.3) is 0 Å². The van der Waals surface area contributed by atoms with Crippen LogP contribution in [0.1, 0.15) is 27.7 Å². The maximum Gasteiger partial charge on any atom is 0.500 e. The van der Waals surface area contributed by atoms with Gasteiger partial charge in [-0.2, -0.15) is 0 Å². The van der Waals surface area contributed by atoms with E-state index < -0.39 is 15.1 Å². The van der Waals surface area contributed by atoms with E-state index in [2.05, 4.69) is 32.6 Å². The molecule has 0 saturated carbocycles. The summed E-state index contributed by atoms with van der Waals surface area (Å²) >= 11 is 0. The van der Waals surface area contributed by atoms with Gasteiger partial charge in [0.1, 0.15) is 6.10 Å². The van der Waals surface area contributed by atoms with Crippen LogP contribution in [-0.4, -0.2) is 98.6 Å². The van der Waals surface area contributed by atoms with Crippen LogP contribution in [0.25, 0.3) is 0 Å². The molecule has 8 nitrogen and oxygen atoms in total. The summed E-state index contributed by atoms with van der Waals surface area (Å²) in [6.45, 7) is 12.8. The zero-order chi connectivity index (χ0) is 21.2. The third-order valence-corrected chi connectivity index (χ3v) is 7.89. The van der Waals surface area contributed by atoms with Crippen LogP contribution >= 0.6 is 0 Å². The maximum absolute atomic E-state index is 10.3. The summed E-state index contributed by atoms with van der Waals surface area (Å²) < 4.78 is 33.0. The molecule has 0 spiro atoms. The van der Waals surface area contributed by atoms with Gasteiger partial charge in [0, 0.05) is 45.9 Å². The monoisotopic (exact) mass is 423 g/mol. The van der Waals surface area contributed by atoms with Crippen LogP contribution in [0.4, 0.5) is 0 Å². The van der Waals surface area contributed by atoms with Crippen LogP contribution in [0, 0.1) is 11.3 Å². The fourth-order valence-corrected chi connectivity index (χ4v) is 5.02. The second-order valence-corrected chi connectivity index (χ2v) is 11.4. The second kappa shape index (κ2) is 12.6. The molecule has 168 valence electrons. The van der Waals surface area contributed by atoms with Gasteiger partial charge in [0.15, 0.2) is 6.29 Å². The van der Waals surface area contributed by atoms with Crippen molar-refractivity contribution < 1.29 is 32.6 Å². The van der Waals surface area contributed by atoms with E-state index in [1.807, 2.05) is 0 Å². The Morgan fingerprint density at radius 2 is 1.75 bits per heavy atom. The van der Waals surface area contributed by atoms with Gasteiger partial charge in [-0.05, 0) is 12.5 Å². The lowest BCUT2D eigenvalue weighted by Gasteiger charge is -2.31. The average Bonchev–Trinajstić information content (AvgIpc) is 3.48. The smallest absolute Gasteiger partial charge is 0.378 e. The molecule has 28 heavy (non-hydrogen) atoms. The molecule has 1 rings (SSSR count). The minimum Gasteiger partial charge on any atom is -0.378 e. The Labute approximate surface area is 171 Å². The first kappa shape index (κ1) is 25.9. The Bertz CT molecular complexity index is 411. The van der Waals surface area contributed by atoms with Crippen molar-refractivity contribution in [3.63, 3.8) is 0 Å². The first-order valence-electron chi connectivity index (χ1n) is 10.1. The normalized spacial score (nSPS) is 19.8. The first-order valence-corrected chi connectivity index (χ1v) is 12.0. The van der Waals surface area contributed by atoms with Gasteiger partial charge in [0.2, 0.25) is 0 Å². The third kappa shape index (κ3) is 10.1. The molecule has 0 aliphatic carbocycles. The van der Waals surface area contributed by atoms with Crippen molar-refractivity contribution in [2.75, 3.05) is 67.4 Å². The molecule has 1 heterocycles. The Balaban J connectivity index is 2.34. The van der Waals surface area contributed by atoms with Crippen molar-refractivity contribution in [3.8, 4) is 0 Å². The first-order chi connectivity index (χ1) is 13.2. The van der Waals surface area contributed by atoms with E-state index in [4.69, 9.17) is 27.5 Å². The lowest BCUT2D eigenvalue weighted by molar-refractivity contribution is -0.141. The van der Waals surface area contributed by atoms with Gasteiger partial charge >= 0.3 is 8.80 Å².